The van der Waals surface area contributed by atoms with Crippen molar-refractivity contribution in [2.24, 2.45) is 5.41 Å². The lowest BCUT2D eigenvalue weighted by molar-refractivity contribution is -0.119. The number of nitrogens with one attached hydrogen (secondary N) is 1. The summed E-state index contributed by atoms with van der Waals surface area (Å²) in [4.78, 5) is 29.3. The van der Waals surface area contributed by atoms with Crippen LogP contribution in [0.4, 0.5) is 11.4 Å². The first-order valence-electron chi connectivity index (χ1n) is 11.6. The van der Waals surface area contributed by atoms with Crippen molar-refractivity contribution in [1.29, 1.82) is 0 Å². The number of ketones is 1. The fourth-order valence-corrected chi connectivity index (χ4v) is 5.13. The number of carbonyl (C=O) groups is 2. The van der Waals surface area contributed by atoms with Crippen LogP contribution in [0.25, 0.3) is 0 Å². The highest BCUT2D eigenvalue weighted by molar-refractivity contribution is 6.06. The first-order valence-corrected chi connectivity index (χ1v) is 11.6. The molecule has 0 aromatic heterocycles. The van der Waals surface area contributed by atoms with Crippen LogP contribution in [0.2, 0.25) is 0 Å². The van der Waals surface area contributed by atoms with Crippen LogP contribution in [0, 0.1) is 5.41 Å². The number of aromatic hydroxyl groups is 1. The van der Waals surface area contributed by atoms with Crippen LogP contribution < -0.4 is 10.2 Å². The summed E-state index contributed by atoms with van der Waals surface area (Å²) in [6, 6.07) is 23.6. The minimum atomic E-state index is -0.641. The van der Waals surface area contributed by atoms with Gasteiger partial charge in [0.05, 0.1) is 23.8 Å². The topological polar surface area (TPSA) is 69.6 Å². The lowest BCUT2D eigenvalue weighted by Crippen LogP contribution is -2.40. The van der Waals surface area contributed by atoms with Crippen molar-refractivity contribution in [3.8, 4) is 5.75 Å². The second-order valence-corrected chi connectivity index (χ2v) is 9.90. The van der Waals surface area contributed by atoms with E-state index in [2.05, 4.69) is 19.2 Å². The molecule has 0 saturated heterocycles. The van der Waals surface area contributed by atoms with E-state index >= 15 is 0 Å². The van der Waals surface area contributed by atoms with Gasteiger partial charge in [-0.2, -0.15) is 0 Å². The predicted octanol–water partition coefficient (Wildman–Crippen LogP) is 5.78. The number of amides is 1. The van der Waals surface area contributed by atoms with Crippen molar-refractivity contribution in [2.45, 2.75) is 39.2 Å². The van der Waals surface area contributed by atoms with Gasteiger partial charge in [-0.25, -0.2) is 0 Å². The zero-order chi connectivity index (χ0) is 23.9. The van der Waals surface area contributed by atoms with Crippen LogP contribution in [0.15, 0.2) is 90.1 Å². The van der Waals surface area contributed by atoms with Gasteiger partial charge in [-0.15, -0.1) is 0 Å². The Kier molecular flexibility index (Phi) is 5.48. The van der Waals surface area contributed by atoms with Gasteiger partial charge in [0.1, 0.15) is 5.75 Å². The maximum atomic E-state index is 14.0. The van der Waals surface area contributed by atoms with Gasteiger partial charge in [-0.1, -0.05) is 68.4 Å². The summed E-state index contributed by atoms with van der Waals surface area (Å²) in [7, 11) is 0. The summed E-state index contributed by atoms with van der Waals surface area (Å²) < 4.78 is 0. The summed E-state index contributed by atoms with van der Waals surface area (Å²) in [5.41, 5.74) is 4.38. The highest BCUT2D eigenvalue weighted by atomic mass is 16.3. The summed E-state index contributed by atoms with van der Waals surface area (Å²) in [6.45, 7) is 4.18. The number of anilines is 2. The van der Waals surface area contributed by atoms with Gasteiger partial charge in [0.15, 0.2) is 5.78 Å². The van der Waals surface area contributed by atoms with E-state index in [9.17, 15) is 14.7 Å². The molecule has 1 aliphatic carbocycles. The van der Waals surface area contributed by atoms with Crippen LogP contribution in [0.1, 0.15) is 43.9 Å². The van der Waals surface area contributed by atoms with Crippen LogP contribution in [-0.2, 0) is 16.0 Å². The maximum Gasteiger partial charge on any atom is 0.232 e. The van der Waals surface area contributed by atoms with E-state index < -0.39 is 6.04 Å². The van der Waals surface area contributed by atoms with E-state index in [1.54, 1.807) is 23.1 Å². The zero-order valence-corrected chi connectivity index (χ0v) is 19.4. The van der Waals surface area contributed by atoms with Crippen molar-refractivity contribution in [1.82, 2.24) is 0 Å². The van der Waals surface area contributed by atoms with Crippen molar-refractivity contribution < 1.29 is 14.7 Å². The molecule has 5 nitrogen and oxygen atoms in total. The van der Waals surface area contributed by atoms with Crippen molar-refractivity contribution in [2.75, 3.05) is 10.2 Å². The molecule has 0 radical (unpaired) electrons. The smallest absolute Gasteiger partial charge is 0.232 e. The van der Waals surface area contributed by atoms with Crippen LogP contribution >= 0.6 is 0 Å². The first-order chi connectivity index (χ1) is 16.3. The second kappa shape index (κ2) is 8.49. The fraction of sp³-hybridized carbons (Fsp3) is 0.241. The Morgan fingerprint density at radius 1 is 1.00 bits per heavy atom. The molecule has 34 heavy (non-hydrogen) atoms. The van der Waals surface area contributed by atoms with Gasteiger partial charge in [0.25, 0.3) is 0 Å². The molecule has 2 N–H and O–H groups in total. The Bertz CT molecular complexity index is 1290. The Morgan fingerprint density at radius 2 is 1.74 bits per heavy atom. The zero-order valence-electron chi connectivity index (χ0n) is 19.4. The minimum absolute atomic E-state index is 0.0254. The standard InChI is InChI=1S/C29H28N2O3/c1-29(2)17-23-27(25(33)18-29)28(20-11-8-12-21(32)16-20)31(24-14-7-6-13-22(24)30-23)26(34)15-19-9-4-3-5-10-19/h3-14,16,28,30,32H,15,17-18H2,1-2H3/t28-/m1/s1. The monoisotopic (exact) mass is 452 g/mol. The van der Waals surface area contributed by atoms with Crippen LogP contribution in [0.5, 0.6) is 5.75 Å². The van der Waals surface area contributed by atoms with Gasteiger partial charge in [0, 0.05) is 17.7 Å². The molecule has 172 valence electrons. The van der Waals surface area contributed by atoms with Crippen molar-refractivity contribution in [3.63, 3.8) is 0 Å². The summed E-state index contributed by atoms with van der Waals surface area (Å²) in [5, 5.41) is 13.8. The van der Waals surface area contributed by atoms with E-state index in [1.165, 1.54) is 0 Å². The fourth-order valence-electron chi connectivity index (χ4n) is 5.13. The predicted molar refractivity (Wildman–Crippen MR) is 134 cm³/mol. The largest absolute Gasteiger partial charge is 0.508 e. The van der Waals surface area contributed by atoms with Gasteiger partial charge in [-0.3, -0.25) is 14.5 Å². The number of rotatable bonds is 3. The highest BCUT2D eigenvalue weighted by Gasteiger charge is 2.43. The molecule has 1 aliphatic heterocycles. The molecule has 0 bridgehead atoms. The number of fused-ring (bicyclic) bond motifs is 1. The average molecular weight is 453 g/mol. The van der Waals surface area contributed by atoms with Gasteiger partial charge >= 0.3 is 0 Å². The Balaban J connectivity index is 1.73. The molecule has 5 heteroatoms. The molecular formula is C29H28N2O3. The third-order valence-corrected chi connectivity index (χ3v) is 6.55. The summed E-state index contributed by atoms with van der Waals surface area (Å²) in [6.07, 6.45) is 1.30. The maximum absolute atomic E-state index is 14.0. The molecule has 0 saturated carbocycles. The number of hydrogen-bond acceptors (Lipinski definition) is 4. The van der Waals surface area contributed by atoms with Gasteiger partial charge < -0.3 is 10.4 Å². The van der Waals surface area contributed by atoms with Crippen LogP contribution in [0.3, 0.4) is 0 Å². The normalized spacial score (nSPS) is 19.1. The summed E-state index contributed by atoms with van der Waals surface area (Å²) in [5.74, 6) is 0.0155. The van der Waals surface area contributed by atoms with Gasteiger partial charge in [-0.05, 0) is 47.2 Å². The molecule has 5 rings (SSSR count). The number of phenolic OH excluding ortho intramolecular Hbond substituents is 1. The van der Waals surface area contributed by atoms with E-state index in [1.807, 2.05) is 60.7 Å². The number of carbonyl (C=O) groups excluding carboxylic acids is 2. The second-order valence-electron chi connectivity index (χ2n) is 9.90. The molecule has 1 heterocycles. The Morgan fingerprint density at radius 3 is 2.50 bits per heavy atom. The number of hydrogen-bond donors (Lipinski definition) is 2. The van der Waals surface area contributed by atoms with E-state index in [0.29, 0.717) is 24.0 Å². The third kappa shape index (κ3) is 4.10. The number of benzene rings is 3. The number of Topliss-reactive ketones (excluding diaryl/α,β-unsaturated/α-hetero) is 1. The molecule has 3 aromatic rings. The molecule has 3 aromatic carbocycles. The lowest BCUT2D eigenvalue weighted by atomic mass is 9.73. The van der Waals surface area contributed by atoms with E-state index in [-0.39, 0.29) is 29.3 Å². The summed E-state index contributed by atoms with van der Waals surface area (Å²) >= 11 is 0. The lowest BCUT2D eigenvalue weighted by Gasteiger charge is -2.37. The quantitative estimate of drug-likeness (QED) is 0.529. The average Bonchev–Trinajstić information content (AvgIpc) is 2.93. The molecule has 0 unspecified atom stereocenters. The van der Waals surface area contributed by atoms with Crippen LogP contribution in [-0.4, -0.2) is 16.8 Å². The molecule has 1 atom stereocenters. The minimum Gasteiger partial charge on any atom is -0.508 e. The number of allylic oxidation sites excluding steroid dienone is 1. The SMILES string of the molecule is CC1(C)CC(=O)C2=C(C1)Nc1ccccc1N(C(=O)Cc1ccccc1)[C@@H]2c1cccc(O)c1. The van der Waals surface area contributed by atoms with Gasteiger partial charge in [0.2, 0.25) is 5.91 Å². The molecule has 1 amide bonds. The van der Waals surface area contributed by atoms with E-state index in [0.717, 1.165) is 22.6 Å². The number of nitrogens with zero attached hydrogens (tertiary/aromatic N) is 1. The first kappa shape index (κ1) is 22.0. The molecular weight excluding hydrogens is 424 g/mol. The van der Waals surface area contributed by atoms with E-state index in [4.69, 9.17) is 0 Å². The Hall–Kier alpha value is -3.86. The Labute approximate surface area is 199 Å². The highest BCUT2D eigenvalue weighted by Crippen LogP contribution is 2.48. The third-order valence-electron chi connectivity index (χ3n) is 6.55. The van der Waals surface area contributed by atoms with Crippen molar-refractivity contribution in [3.05, 3.63) is 101 Å². The molecule has 2 aliphatic rings. The molecule has 0 fully saturated rings. The number of para-hydroxylation sites is 2. The molecule has 0 spiro atoms. The number of phenols is 1. The van der Waals surface area contributed by atoms with Crippen molar-refractivity contribution >= 4 is 23.1 Å².